The van der Waals surface area contributed by atoms with Gasteiger partial charge in [0.15, 0.2) is 0 Å². The number of piperazine rings is 1. The number of nitrogens with zero attached hydrogens (tertiary/aromatic N) is 1. The van der Waals surface area contributed by atoms with Gasteiger partial charge in [0.05, 0.1) is 0 Å². The first-order valence-corrected chi connectivity index (χ1v) is 3.85. The van der Waals surface area contributed by atoms with E-state index in [0.717, 1.165) is 26.1 Å². The summed E-state index contributed by atoms with van der Waals surface area (Å²) >= 11 is 0. The smallest absolute Gasteiger partial charge is 0.0446 e. The number of likely N-dealkylation sites (N-methyl/N-ethyl adjacent to an activating group) is 1. The summed E-state index contributed by atoms with van der Waals surface area (Å²) in [6.07, 6.45) is 0.879. The van der Waals surface area contributed by atoms with Gasteiger partial charge in [-0.2, -0.15) is 0 Å². The molecule has 1 aliphatic heterocycles. The lowest BCUT2D eigenvalue weighted by Crippen LogP contribution is -2.49. The molecule has 0 aliphatic carbocycles. The third kappa shape index (κ3) is 2.25. The van der Waals surface area contributed by atoms with Crippen LogP contribution in [0.15, 0.2) is 0 Å². The molecule has 0 amide bonds. The molecule has 0 saturated carbocycles. The highest BCUT2D eigenvalue weighted by Crippen LogP contribution is 1.98. The molecular formula is C7H16N2O. The molecule has 0 aromatic rings. The summed E-state index contributed by atoms with van der Waals surface area (Å²) in [5.74, 6) is 0. The fourth-order valence-electron chi connectivity index (χ4n) is 1.34. The van der Waals surface area contributed by atoms with Gasteiger partial charge in [0.1, 0.15) is 0 Å². The Bertz CT molecular complexity index is 95.6. The first kappa shape index (κ1) is 7.98. The monoisotopic (exact) mass is 144 g/mol. The fourth-order valence-corrected chi connectivity index (χ4v) is 1.34. The van der Waals surface area contributed by atoms with Crippen LogP contribution < -0.4 is 5.32 Å². The van der Waals surface area contributed by atoms with Crippen LogP contribution >= 0.6 is 0 Å². The van der Waals surface area contributed by atoms with Crippen LogP contribution in [0.5, 0.6) is 0 Å². The van der Waals surface area contributed by atoms with E-state index in [1.807, 2.05) is 0 Å². The highest BCUT2D eigenvalue weighted by molar-refractivity contribution is 4.75. The lowest BCUT2D eigenvalue weighted by Gasteiger charge is -2.30. The van der Waals surface area contributed by atoms with Crippen LogP contribution in [-0.4, -0.2) is 49.3 Å². The molecule has 3 heteroatoms. The normalized spacial score (nSPS) is 28.8. The van der Waals surface area contributed by atoms with E-state index in [1.165, 1.54) is 0 Å². The number of hydrogen-bond acceptors (Lipinski definition) is 3. The third-order valence-electron chi connectivity index (χ3n) is 1.94. The number of hydrogen-bond donors (Lipinski definition) is 2. The Morgan fingerprint density at radius 1 is 1.70 bits per heavy atom. The molecule has 3 nitrogen and oxygen atoms in total. The summed E-state index contributed by atoms with van der Waals surface area (Å²) in [4.78, 5) is 2.29. The largest absolute Gasteiger partial charge is 0.396 e. The van der Waals surface area contributed by atoms with Crippen molar-refractivity contribution in [3.05, 3.63) is 0 Å². The maximum absolute atomic E-state index is 8.65. The summed E-state index contributed by atoms with van der Waals surface area (Å²) in [6.45, 7) is 3.55. The summed E-state index contributed by atoms with van der Waals surface area (Å²) < 4.78 is 0. The Morgan fingerprint density at radius 2 is 2.50 bits per heavy atom. The van der Waals surface area contributed by atoms with Crippen molar-refractivity contribution in [2.75, 3.05) is 33.3 Å². The van der Waals surface area contributed by atoms with Gasteiger partial charge in [-0.15, -0.1) is 0 Å². The lowest BCUT2D eigenvalue weighted by molar-refractivity contribution is 0.198. The van der Waals surface area contributed by atoms with Crippen LogP contribution in [0, 0.1) is 0 Å². The van der Waals surface area contributed by atoms with Crippen molar-refractivity contribution in [3.63, 3.8) is 0 Å². The molecule has 1 rings (SSSR count). The maximum Gasteiger partial charge on any atom is 0.0446 e. The first-order valence-electron chi connectivity index (χ1n) is 3.85. The van der Waals surface area contributed by atoms with Crippen molar-refractivity contribution in [2.24, 2.45) is 0 Å². The maximum atomic E-state index is 8.65. The standard InChI is InChI=1S/C7H16N2O/c1-9-4-3-8-7(6-9)2-5-10/h7-8,10H,2-6H2,1H3/t7-/m0/s1. The molecule has 1 atom stereocenters. The number of aliphatic hydroxyl groups excluding tert-OH is 1. The summed E-state index contributed by atoms with van der Waals surface area (Å²) in [5.41, 5.74) is 0. The zero-order chi connectivity index (χ0) is 7.40. The van der Waals surface area contributed by atoms with Crippen molar-refractivity contribution >= 4 is 0 Å². The van der Waals surface area contributed by atoms with Gasteiger partial charge < -0.3 is 15.3 Å². The van der Waals surface area contributed by atoms with Gasteiger partial charge in [-0.1, -0.05) is 0 Å². The molecule has 2 N–H and O–H groups in total. The predicted octanol–water partition coefficient (Wildman–Crippen LogP) is -0.728. The molecule has 0 aromatic heterocycles. The van der Waals surface area contributed by atoms with Crippen LogP contribution in [-0.2, 0) is 0 Å². The van der Waals surface area contributed by atoms with E-state index in [-0.39, 0.29) is 0 Å². The minimum absolute atomic E-state index is 0.297. The van der Waals surface area contributed by atoms with Crippen molar-refractivity contribution in [1.29, 1.82) is 0 Å². The Kier molecular flexibility index (Phi) is 3.12. The molecule has 1 fully saturated rings. The third-order valence-corrected chi connectivity index (χ3v) is 1.94. The van der Waals surface area contributed by atoms with E-state index in [1.54, 1.807) is 0 Å². The molecule has 1 aliphatic rings. The molecule has 0 bridgehead atoms. The zero-order valence-electron chi connectivity index (χ0n) is 6.51. The summed E-state index contributed by atoms with van der Waals surface area (Å²) in [6, 6.07) is 0.503. The van der Waals surface area contributed by atoms with Gasteiger partial charge in [-0.3, -0.25) is 0 Å². The average Bonchev–Trinajstić information content (AvgIpc) is 1.88. The highest BCUT2D eigenvalue weighted by Gasteiger charge is 2.14. The quantitative estimate of drug-likeness (QED) is 0.536. The van der Waals surface area contributed by atoms with E-state index in [9.17, 15) is 0 Å². The minimum Gasteiger partial charge on any atom is -0.396 e. The molecule has 10 heavy (non-hydrogen) atoms. The summed E-state index contributed by atoms with van der Waals surface area (Å²) in [7, 11) is 2.12. The molecule has 1 saturated heterocycles. The highest BCUT2D eigenvalue weighted by atomic mass is 16.3. The molecule has 0 aromatic carbocycles. The predicted molar refractivity (Wildman–Crippen MR) is 41.0 cm³/mol. The van der Waals surface area contributed by atoms with Gasteiger partial charge in [0.25, 0.3) is 0 Å². The second-order valence-corrected chi connectivity index (χ2v) is 2.93. The van der Waals surface area contributed by atoms with E-state index in [2.05, 4.69) is 17.3 Å². The van der Waals surface area contributed by atoms with Crippen LogP contribution in [0.3, 0.4) is 0 Å². The van der Waals surface area contributed by atoms with Gasteiger partial charge in [0, 0.05) is 32.3 Å². The lowest BCUT2D eigenvalue weighted by atomic mass is 10.1. The van der Waals surface area contributed by atoms with Gasteiger partial charge >= 0.3 is 0 Å². The van der Waals surface area contributed by atoms with Crippen molar-refractivity contribution < 1.29 is 5.11 Å². The van der Waals surface area contributed by atoms with Crippen LogP contribution in [0.25, 0.3) is 0 Å². The second kappa shape index (κ2) is 3.91. The van der Waals surface area contributed by atoms with Crippen molar-refractivity contribution in [1.82, 2.24) is 10.2 Å². The van der Waals surface area contributed by atoms with Crippen molar-refractivity contribution in [3.8, 4) is 0 Å². The van der Waals surface area contributed by atoms with E-state index in [0.29, 0.717) is 12.6 Å². The van der Waals surface area contributed by atoms with Gasteiger partial charge in [-0.25, -0.2) is 0 Å². The Hall–Kier alpha value is -0.120. The van der Waals surface area contributed by atoms with E-state index >= 15 is 0 Å². The molecule has 0 spiro atoms. The van der Waals surface area contributed by atoms with Crippen LogP contribution in [0.1, 0.15) is 6.42 Å². The molecule has 60 valence electrons. The average molecular weight is 144 g/mol. The second-order valence-electron chi connectivity index (χ2n) is 2.93. The topological polar surface area (TPSA) is 35.5 Å². The Balaban J connectivity index is 2.18. The van der Waals surface area contributed by atoms with Crippen LogP contribution in [0.2, 0.25) is 0 Å². The first-order chi connectivity index (χ1) is 4.83. The minimum atomic E-state index is 0.297. The fraction of sp³-hybridized carbons (Fsp3) is 1.00. The SMILES string of the molecule is CN1CCN[C@@H](CCO)C1. The Labute approximate surface area is 62.0 Å². The van der Waals surface area contributed by atoms with E-state index in [4.69, 9.17) is 5.11 Å². The van der Waals surface area contributed by atoms with Crippen molar-refractivity contribution in [2.45, 2.75) is 12.5 Å². The number of nitrogens with one attached hydrogen (secondary N) is 1. The number of aliphatic hydroxyl groups is 1. The van der Waals surface area contributed by atoms with Crippen LogP contribution in [0.4, 0.5) is 0 Å². The number of rotatable bonds is 2. The summed E-state index contributed by atoms with van der Waals surface area (Å²) in [5, 5.41) is 12.0. The molecule has 0 unspecified atom stereocenters. The Morgan fingerprint density at radius 3 is 3.10 bits per heavy atom. The molecule has 0 radical (unpaired) electrons. The van der Waals surface area contributed by atoms with Gasteiger partial charge in [-0.05, 0) is 13.5 Å². The van der Waals surface area contributed by atoms with E-state index < -0.39 is 0 Å². The molecular weight excluding hydrogens is 128 g/mol. The van der Waals surface area contributed by atoms with Gasteiger partial charge in [0.2, 0.25) is 0 Å². The molecule has 1 heterocycles. The zero-order valence-corrected chi connectivity index (χ0v) is 6.51.